The number of rotatable bonds is 7. The van der Waals surface area contributed by atoms with E-state index in [0.717, 1.165) is 13.0 Å². The van der Waals surface area contributed by atoms with Crippen molar-refractivity contribution in [3.63, 3.8) is 0 Å². The predicted molar refractivity (Wildman–Crippen MR) is 78.8 cm³/mol. The standard InChI is InChI=1S/C13H19ClN4O2/c1-3-4-16-12-6-9(10(14)7-17-12)13(20)18-8(2)5-11(15)19/h6-8H,3-5H2,1-2H3,(H2,15,19)(H,16,17)(H,18,20). The lowest BCUT2D eigenvalue weighted by Gasteiger charge is -2.13. The molecule has 0 fully saturated rings. The number of aromatic nitrogens is 1. The van der Waals surface area contributed by atoms with Crippen molar-refractivity contribution in [3.8, 4) is 0 Å². The predicted octanol–water partition coefficient (Wildman–Crippen LogP) is 1.55. The molecule has 1 unspecified atom stereocenters. The van der Waals surface area contributed by atoms with Crippen LogP contribution in [0.2, 0.25) is 5.02 Å². The zero-order chi connectivity index (χ0) is 15.1. The van der Waals surface area contributed by atoms with Crippen molar-refractivity contribution in [1.29, 1.82) is 0 Å². The number of carbonyl (C=O) groups is 2. The second kappa shape index (κ2) is 7.69. The zero-order valence-corrected chi connectivity index (χ0v) is 12.3. The van der Waals surface area contributed by atoms with Gasteiger partial charge in [-0.15, -0.1) is 0 Å². The molecule has 0 saturated heterocycles. The summed E-state index contributed by atoms with van der Waals surface area (Å²) in [5, 5.41) is 6.01. The minimum Gasteiger partial charge on any atom is -0.370 e. The summed E-state index contributed by atoms with van der Waals surface area (Å²) in [7, 11) is 0. The molecule has 1 heterocycles. The van der Waals surface area contributed by atoms with Crippen LogP contribution in [0.15, 0.2) is 12.3 Å². The maximum atomic E-state index is 12.1. The quantitative estimate of drug-likeness (QED) is 0.711. The molecule has 1 aromatic rings. The lowest BCUT2D eigenvalue weighted by Crippen LogP contribution is -2.35. The van der Waals surface area contributed by atoms with Gasteiger partial charge in [0.15, 0.2) is 0 Å². The van der Waals surface area contributed by atoms with Gasteiger partial charge in [0, 0.05) is 25.2 Å². The van der Waals surface area contributed by atoms with E-state index < -0.39 is 5.91 Å². The molecule has 4 N–H and O–H groups in total. The van der Waals surface area contributed by atoms with E-state index in [4.69, 9.17) is 17.3 Å². The van der Waals surface area contributed by atoms with Crippen LogP contribution in [0.5, 0.6) is 0 Å². The van der Waals surface area contributed by atoms with E-state index in [1.807, 2.05) is 6.92 Å². The van der Waals surface area contributed by atoms with Gasteiger partial charge in [-0.3, -0.25) is 9.59 Å². The maximum absolute atomic E-state index is 12.1. The number of anilines is 1. The molecule has 0 aliphatic heterocycles. The zero-order valence-electron chi connectivity index (χ0n) is 11.6. The van der Waals surface area contributed by atoms with E-state index >= 15 is 0 Å². The monoisotopic (exact) mass is 298 g/mol. The number of halogens is 1. The van der Waals surface area contributed by atoms with Gasteiger partial charge < -0.3 is 16.4 Å². The largest absolute Gasteiger partial charge is 0.370 e. The number of hydrogen-bond donors (Lipinski definition) is 3. The molecule has 20 heavy (non-hydrogen) atoms. The van der Waals surface area contributed by atoms with E-state index in [1.54, 1.807) is 13.0 Å². The molecule has 1 aromatic heterocycles. The summed E-state index contributed by atoms with van der Waals surface area (Å²) >= 11 is 5.97. The fraction of sp³-hybridized carbons (Fsp3) is 0.462. The molecule has 0 radical (unpaired) electrons. The first-order valence-corrected chi connectivity index (χ1v) is 6.80. The van der Waals surface area contributed by atoms with E-state index in [9.17, 15) is 9.59 Å². The van der Waals surface area contributed by atoms with Gasteiger partial charge in [-0.25, -0.2) is 4.98 Å². The molecular weight excluding hydrogens is 280 g/mol. The van der Waals surface area contributed by atoms with E-state index in [-0.39, 0.29) is 23.4 Å². The second-order valence-electron chi connectivity index (χ2n) is 4.52. The fourth-order valence-corrected chi connectivity index (χ4v) is 1.81. The number of carbonyl (C=O) groups excluding carboxylic acids is 2. The van der Waals surface area contributed by atoms with Crippen molar-refractivity contribution in [1.82, 2.24) is 10.3 Å². The Morgan fingerprint density at radius 1 is 1.50 bits per heavy atom. The molecule has 0 bridgehead atoms. The van der Waals surface area contributed by atoms with E-state index in [1.165, 1.54) is 6.20 Å². The number of amides is 2. The summed E-state index contributed by atoms with van der Waals surface area (Å²) in [6, 6.07) is 1.24. The van der Waals surface area contributed by atoms with Crippen LogP contribution in [0, 0.1) is 0 Å². The summed E-state index contributed by atoms with van der Waals surface area (Å²) in [6.07, 6.45) is 2.45. The average molecular weight is 299 g/mol. The highest BCUT2D eigenvalue weighted by Crippen LogP contribution is 2.18. The first kappa shape index (κ1) is 16.2. The average Bonchev–Trinajstić information content (AvgIpc) is 2.36. The molecule has 6 nitrogen and oxygen atoms in total. The summed E-state index contributed by atoms with van der Waals surface area (Å²) in [4.78, 5) is 27.0. The highest BCUT2D eigenvalue weighted by atomic mass is 35.5. The normalized spacial score (nSPS) is 11.8. The highest BCUT2D eigenvalue weighted by molar-refractivity contribution is 6.33. The van der Waals surface area contributed by atoms with Gasteiger partial charge in [-0.2, -0.15) is 0 Å². The van der Waals surface area contributed by atoms with Gasteiger partial charge in [-0.1, -0.05) is 18.5 Å². The molecule has 1 atom stereocenters. The van der Waals surface area contributed by atoms with Crippen LogP contribution < -0.4 is 16.4 Å². The smallest absolute Gasteiger partial charge is 0.253 e. The van der Waals surface area contributed by atoms with Gasteiger partial charge in [0.2, 0.25) is 5.91 Å². The molecule has 110 valence electrons. The Morgan fingerprint density at radius 3 is 2.80 bits per heavy atom. The number of nitrogens with one attached hydrogen (secondary N) is 2. The van der Waals surface area contributed by atoms with Crippen molar-refractivity contribution in [2.75, 3.05) is 11.9 Å². The summed E-state index contributed by atoms with van der Waals surface area (Å²) in [5.41, 5.74) is 5.40. The van der Waals surface area contributed by atoms with Crippen LogP contribution >= 0.6 is 11.6 Å². The Hall–Kier alpha value is -1.82. The molecular formula is C13H19ClN4O2. The molecule has 0 spiro atoms. The van der Waals surface area contributed by atoms with Crippen molar-refractivity contribution in [2.24, 2.45) is 5.73 Å². The van der Waals surface area contributed by atoms with Crippen molar-refractivity contribution in [2.45, 2.75) is 32.7 Å². The highest BCUT2D eigenvalue weighted by Gasteiger charge is 2.15. The molecule has 0 saturated carbocycles. The van der Waals surface area contributed by atoms with Crippen molar-refractivity contribution >= 4 is 29.2 Å². The molecule has 1 rings (SSSR count). The topological polar surface area (TPSA) is 97.1 Å². The third-order valence-electron chi connectivity index (χ3n) is 2.54. The Kier molecular flexibility index (Phi) is 6.24. The number of primary amides is 1. The lowest BCUT2D eigenvalue weighted by atomic mass is 10.2. The molecule has 0 aliphatic rings. The Morgan fingerprint density at radius 2 is 2.20 bits per heavy atom. The fourth-order valence-electron chi connectivity index (χ4n) is 1.62. The van der Waals surface area contributed by atoms with Crippen LogP contribution in [0.1, 0.15) is 37.0 Å². The minimum absolute atomic E-state index is 0.0788. The van der Waals surface area contributed by atoms with Gasteiger partial charge >= 0.3 is 0 Å². The van der Waals surface area contributed by atoms with Crippen LogP contribution in [-0.2, 0) is 4.79 Å². The summed E-state index contributed by atoms with van der Waals surface area (Å²) < 4.78 is 0. The lowest BCUT2D eigenvalue weighted by molar-refractivity contribution is -0.118. The Labute approximate surface area is 123 Å². The molecule has 0 aromatic carbocycles. The first-order chi connectivity index (χ1) is 9.43. The molecule has 7 heteroatoms. The van der Waals surface area contributed by atoms with Gasteiger partial charge in [0.1, 0.15) is 5.82 Å². The third-order valence-corrected chi connectivity index (χ3v) is 2.84. The van der Waals surface area contributed by atoms with Crippen LogP contribution in [0.4, 0.5) is 5.82 Å². The van der Waals surface area contributed by atoms with E-state index in [2.05, 4.69) is 15.6 Å². The minimum atomic E-state index is -0.469. The second-order valence-corrected chi connectivity index (χ2v) is 4.93. The summed E-state index contributed by atoms with van der Waals surface area (Å²) in [5.74, 6) is -0.237. The van der Waals surface area contributed by atoms with Crippen LogP contribution in [-0.4, -0.2) is 29.4 Å². The van der Waals surface area contributed by atoms with Gasteiger partial charge in [-0.05, 0) is 19.4 Å². The van der Waals surface area contributed by atoms with Gasteiger partial charge in [0.05, 0.1) is 10.6 Å². The molecule has 0 aliphatic carbocycles. The maximum Gasteiger partial charge on any atom is 0.253 e. The SMILES string of the molecule is CCCNc1cc(C(=O)NC(C)CC(N)=O)c(Cl)cn1. The van der Waals surface area contributed by atoms with Crippen LogP contribution in [0.3, 0.4) is 0 Å². The summed E-state index contributed by atoms with van der Waals surface area (Å²) in [6.45, 7) is 4.49. The van der Waals surface area contributed by atoms with Crippen molar-refractivity contribution < 1.29 is 9.59 Å². The molecule has 2 amide bonds. The number of nitrogens with two attached hydrogens (primary N) is 1. The van der Waals surface area contributed by atoms with Gasteiger partial charge in [0.25, 0.3) is 5.91 Å². The van der Waals surface area contributed by atoms with E-state index in [0.29, 0.717) is 11.4 Å². The number of pyridine rings is 1. The van der Waals surface area contributed by atoms with Crippen molar-refractivity contribution in [3.05, 3.63) is 22.8 Å². The Balaban J connectivity index is 2.78. The first-order valence-electron chi connectivity index (χ1n) is 6.42. The number of nitrogens with zero attached hydrogens (tertiary/aromatic N) is 1. The third kappa shape index (κ3) is 5.05. The van der Waals surface area contributed by atoms with Crippen LogP contribution in [0.25, 0.3) is 0 Å². The Bertz CT molecular complexity index is 493. The number of hydrogen-bond acceptors (Lipinski definition) is 4.